The summed E-state index contributed by atoms with van der Waals surface area (Å²) in [5.41, 5.74) is 3.85. The van der Waals surface area contributed by atoms with Gasteiger partial charge in [0.1, 0.15) is 0 Å². The highest BCUT2D eigenvalue weighted by Gasteiger charge is 2.43. The Morgan fingerprint density at radius 2 is 1.33 bits per heavy atom. The van der Waals surface area contributed by atoms with Gasteiger partial charge in [-0.05, 0) is 48.2 Å². The van der Waals surface area contributed by atoms with Crippen LogP contribution in [0.25, 0.3) is 5.31 Å². The molecule has 4 rings (SSSR count). The van der Waals surface area contributed by atoms with E-state index in [0.717, 1.165) is 34.3 Å². The van der Waals surface area contributed by atoms with Crippen LogP contribution in [-0.4, -0.2) is 0 Å². The smallest absolute Gasteiger partial charge is 0.168 e. The van der Waals surface area contributed by atoms with Crippen molar-refractivity contribution in [1.29, 1.82) is 0 Å². The monoisotopic (exact) mass is 336 g/mol. The molecule has 1 atom stereocenters. The van der Waals surface area contributed by atoms with Gasteiger partial charge in [0.05, 0.1) is 0 Å². The van der Waals surface area contributed by atoms with Crippen molar-refractivity contribution >= 4 is 17.8 Å². The van der Waals surface area contributed by atoms with E-state index in [1.807, 2.05) is 62.4 Å². The van der Waals surface area contributed by atoms with Gasteiger partial charge in [-0.3, -0.25) is 0 Å². The number of rotatable bonds is 2. The first kappa shape index (κ1) is 17.0. The lowest BCUT2D eigenvalue weighted by molar-refractivity contribution is 0.591. The summed E-state index contributed by atoms with van der Waals surface area (Å²) in [4.78, 5) is 0. The van der Waals surface area contributed by atoms with E-state index in [-0.39, 0.29) is 0 Å². The van der Waals surface area contributed by atoms with Crippen LogP contribution in [0.15, 0.2) is 77.1 Å². The van der Waals surface area contributed by atoms with Gasteiger partial charge in [0.25, 0.3) is 0 Å². The maximum absolute atomic E-state index is 14.2. The van der Waals surface area contributed by atoms with E-state index >= 15 is 0 Å². The Kier molecular flexibility index (Phi) is 4.92. The average molecular weight is 336 g/mol. The Hall–Kier alpha value is -1.85. The van der Waals surface area contributed by atoms with Crippen LogP contribution in [0.5, 0.6) is 0 Å². The van der Waals surface area contributed by atoms with E-state index in [0.29, 0.717) is 0 Å². The van der Waals surface area contributed by atoms with Crippen LogP contribution in [0.1, 0.15) is 45.6 Å². The molecular formula is C22H25OP. The van der Waals surface area contributed by atoms with Crippen molar-refractivity contribution in [1.82, 2.24) is 0 Å². The lowest BCUT2D eigenvalue weighted by atomic mass is 10.1. The van der Waals surface area contributed by atoms with Crippen LogP contribution in [0, 0.1) is 0 Å². The van der Waals surface area contributed by atoms with Crippen molar-refractivity contribution in [2.75, 3.05) is 0 Å². The van der Waals surface area contributed by atoms with Crippen molar-refractivity contribution in [3.05, 3.63) is 82.7 Å². The Labute approximate surface area is 145 Å². The molecule has 0 N–H and O–H groups in total. The van der Waals surface area contributed by atoms with Crippen molar-refractivity contribution < 1.29 is 4.57 Å². The molecule has 24 heavy (non-hydrogen) atoms. The number of benzene rings is 2. The normalized spacial score (nSPS) is 22.3. The molecule has 1 saturated carbocycles. The van der Waals surface area contributed by atoms with Crippen LogP contribution in [0.2, 0.25) is 0 Å². The van der Waals surface area contributed by atoms with Gasteiger partial charge in [0, 0.05) is 10.6 Å². The highest BCUT2D eigenvalue weighted by molar-refractivity contribution is 7.85. The molecule has 2 aromatic carbocycles. The fraction of sp³-hybridized carbons (Fsp3) is 0.273. The zero-order valence-corrected chi connectivity index (χ0v) is 15.6. The first-order valence-corrected chi connectivity index (χ1v) is 10.6. The van der Waals surface area contributed by atoms with Crippen molar-refractivity contribution in [2.24, 2.45) is 0 Å². The van der Waals surface area contributed by atoms with E-state index in [9.17, 15) is 4.57 Å². The van der Waals surface area contributed by atoms with Gasteiger partial charge in [-0.25, -0.2) is 0 Å². The lowest BCUT2D eigenvalue weighted by Gasteiger charge is -2.20. The molecule has 1 unspecified atom stereocenters. The van der Waals surface area contributed by atoms with Crippen LogP contribution in [-0.2, 0) is 4.57 Å². The topological polar surface area (TPSA) is 17.1 Å². The number of fused-ring (bicyclic) bond motifs is 1. The number of hydrogen-bond donors (Lipinski definition) is 0. The van der Waals surface area contributed by atoms with Crippen LogP contribution in [0.3, 0.4) is 0 Å². The fourth-order valence-electron chi connectivity index (χ4n) is 3.86. The Balaban J connectivity index is 0.000000815. The minimum atomic E-state index is -2.66. The summed E-state index contributed by atoms with van der Waals surface area (Å²) in [6.07, 6.45) is 3.33. The Morgan fingerprint density at radius 3 is 1.96 bits per heavy atom. The molecule has 0 aromatic heterocycles. The average Bonchev–Trinajstić information content (AvgIpc) is 3.20. The maximum atomic E-state index is 14.2. The molecule has 1 nitrogen and oxygen atoms in total. The van der Waals surface area contributed by atoms with E-state index in [2.05, 4.69) is 19.1 Å². The van der Waals surface area contributed by atoms with Gasteiger partial charge in [-0.1, -0.05) is 74.5 Å². The van der Waals surface area contributed by atoms with Crippen LogP contribution >= 0.6 is 7.14 Å². The summed E-state index contributed by atoms with van der Waals surface area (Å²) >= 11 is 0. The summed E-state index contributed by atoms with van der Waals surface area (Å²) in [6, 6.07) is 20.3. The standard InChI is InChI=1S/C20H19OP.C2H6/c1-15-18-13-8-14-19(18)20(16-9-4-2-5-10-16)22(15,21)17-11-6-3-7-12-17;1-2/h2-7,9-12H,8,13-14H2,1H3;1-2H3. The number of allylic oxidation sites excluding steroid dienone is 3. The third-order valence-electron chi connectivity index (χ3n) is 4.89. The predicted octanol–water partition coefficient (Wildman–Crippen LogP) is 6.58. The fourth-order valence-corrected chi connectivity index (χ4v) is 7.20. The van der Waals surface area contributed by atoms with Gasteiger partial charge in [-0.2, -0.15) is 0 Å². The SMILES string of the molecule is CC.CC1=C2CCCC2=C(c2ccccc2)P1(=O)c1ccccc1. The van der Waals surface area contributed by atoms with Gasteiger partial charge in [-0.15, -0.1) is 0 Å². The molecule has 0 amide bonds. The zero-order chi connectivity index (χ0) is 17.2. The Bertz CT molecular complexity index is 829. The summed E-state index contributed by atoms with van der Waals surface area (Å²) < 4.78 is 14.2. The van der Waals surface area contributed by atoms with Gasteiger partial charge < -0.3 is 4.57 Å². The van der Waals surface area contributed by atoms with Crippen molar-refractivity contribution in [3.8, 4) is 0 Å². The molecule has 0 bridgehead atoms. The molecule has 1 heterocycles. The van der Waals surface area contributed by atoms with Gasteiger partial charge in [0.2, 0.25) is 0 Å². The summed E-state index contributed by atoms with van der Waals surface area (Å²) in [5.74, 6) is 0. The van der Waals surface area contributed by atoms with Gasteiger partial charge >= 0.3 is 0 Å². The predicted molar refractivity (Wildman–Crippen MR) is 105 cm³/mol. The molecule has 124 valence electrons. The minimum absolute atomic E-state index is 0.973. The molecule has 1 fully saturated rings. The quantitative estimate of drug-likeness (QED) is 0.566. The van der Waals surface area contributed by atoms with Crippen LogP contribution in [0.4, 0.5) is 0 Å². The van der Waals surface area contributed by atoms with Crippen molar-refractivity contribution in [3.63, 3.8) is 0 Å². The van der Waals surface area contributed by atoms with E-state index < -0.39 is 7.14 Å². The molecule has 0 spiro atoms. The van der Waals surface area contributed by atoms with E-state index in [1.165, 1.54) is 17.6 Å². The zero-order valence-electron chi connectivity index (χ0n) is 14.8. The molecule has 2 aromatic rings. The van der Waals surface area contributed by atoms with Crippen molar-refractivity contribution in [2.45, 2.75) is 40.0 Å². The molecule has 2 heteroatoms. The van der Waals surface area contributed by atoms with E-state index in [4.69, 9.17) is 0 Å². The molecule has 0 saturated heterocycles. The summed E-state index contributed by atoms with van der Waals surface area (Å²) in [7, 11) is -2.66. The molecule has 0 radical (unpaired) electrons. The van der Waals surface area contributed by atoms with Crippen LogP contribution < -0.4 is 5.30 Å². The summed E-state index contributed by atoms with van der Waals surface area (Å²) in [5, 5.41) is 3.19. The molecule has 2 aliphatic rings. The summed E-state index contributed by atoms with van der Waals surface area (Å²) in [6.45, 7) is 6.09. The second-order valence-electron chi connectivity index (χ2n) is 6.06. The highest BCUT2D eigenvalue weighted by Crippen LogP contribution is 2.72. The first-order chi connectivity index (χ1) is 11.7. The second kappa shape index (κ2) is 6.95. The third kappa shape index (κ3) is 2.52. The lowest BCUT2D eigenvalue weighted by Crippen LogP contribution is -2.05. The molecule has 1 aliphatic heterocycles. The largest absolute Gasteiger partial charge is 0.309 e. The van der Waals surface area contributed by atoms with Gasteiger partial charge in [0.15, 0.2) is 7.14 Å². The molecular weight excluding hydrogens is 311 g/mol. The third-order valence-corrected chi connectivity index (χ3v) is 8.29. The van der Waals surface area contributed by atoms with E-state index in [1.54, 1.807) is 0 Å². The first-order valence-electron chi connectivity index (χ1n) is 8.88. The Morgan fingerprint density at radius 1 is 0.792 bits per heavy atom. The molecule has 1 aliphatic carbocycles. The number of hydrogen-bond acceptors (Lipinski definition) is 1. The highest BCUT2D eigenvalue weighted by atomic mass is 31.2. The maximum Gasteiger partial charge on any atom is 0.168 e. The second-order valence-corrected chi connectivity index (χ2v) is 8.91. The minimum Gasteiger partial charge on any atom is -0.309 e.